The maximum Gasteiger partial charge on any atom is 0.122 e. The number of benzene rings is 1. The summed E-state index contributed by atoms with van der Waals surface area (Å²) in [4.78, 5) is 0.741. The Labute approximate surface area is 97.6 Å². The topological polar surface area (TPSA) is 60.0 Å². The minimum Gasteiger partial charge on any atom is -0.691 e. The molecular formula is C10H11O5S-. The van der Waals surface area contributed by atoms with Crippen LogP contribution in [0, 0.1) is 0 Å². The molecule has 0 aromatic heterocycles. The lowest BCUT2D eigenvalue weighted by molar-refractivity contribution is -0.777. The predicted octanol–water partition coefficient (Wildman–Crippen LogP) is 1.46. The van der Waals surface area contributed by atoms with E-state index in [1.807, 2.05) is 0 Å². The van der Waals surface area contributed by atoms with Gasteiger partial charge in [0.05, 0.1) is 18.3 Å². The van der Waals surface area contributed by atoms with Crippen LogP contribution in [0.4, 0.5) is 0 Å². The van der Waals surface area contributed by atoms with Crippen LogP contribution in [0.3, 0.4) is 0 Å². The van der Waals surface area contributed by atoms with Gasteiger partial charge < -0.3 is 14.7 Å². The quantitative estimate of drug-likeness (QED) is 0.226. The largest absolute Gasteiger partial charge is 0.691 e. The van der Waals surface area contributed by atoms with Gasteiger partial charge in [-0.2, -0.15) is 4.33 Å². The fraction of sp³-hybridized carbons (Fsp3) is 0.200. The molecule has 16 heavy (non-hydrogen) atoms. The summed E-state index contributed by atoms with van der Waals surface area (Å²) in [6.45, 7) is 4.31. The SMILES string of the molecule is C=COCCOc1ccc(SOO[O-])cc1. The Balaban J connectivity index is 2.30. The molecule has 0 aliphatic rings. The highest BCUT2D eigenvalue weighted by molar-refractivity contribution is 7.94. The first kappa shape index (κ1) is 12.9. The highest BCUT2D eigenvalue weighted by Gasteiger charge is 1.96. The molecule has 1 aromatic rings. The summed E-state index contributed by atoms with van der Waals surface area (Å²) < 4.78 is 14.4. The molecule has 0 aliphatic carbocycles. The molecule has 0 saturated heterocycles. The van der Waals surface area contributed by atoms with Gasteiger partial charge in [0.15, 0.2) is 0 Å². The van der Waals surface area contributed by atoms with Crippen LogP contribution in [0.15, 0.2) is 42.0 Å². The average molecular weight is 243 g/mol. The second kappa shape index (κ2) is 8.00. The van der Waals surface area contributed by atoms with Crippen LogP contribution in [0.5, 0.6) is 5.75 Å². The summed E-state index contributed by atoms with van der Waals surface area (Å²) in [5.74, 6) is 0.708. The number of hydrogen-bond donors (Lipinski definition) is 0. The maximum absolute atomic E-state index is 9.58. The van der Waals surface area contributed by atoms with Crippen LogP contribution in [-0.2, 0) is 14.1 Å². The number of hydrogen-bond acceptors (Lipinski definition) is 6. The Bertz CT molecular complexity index is 301. The van der Waals surface area contributed by atoms with E-state index in [1.54, 1.807) is 24.3 Å². The predicted molar refractivity (Wildman–Crippen MR) is 56.1 cm³/mol. The molecule has 0 heterocycles. The van der Waals surface area contributed by atoms with Gasteiger partial charge in [0, 0.05) is 4.90 Å². The fourth-order valence-corrected chi connectivity index (χ4v) is 1.29. The van der Waals surface area contributed by atoms with Gasteiger partial charge in [-0.05, 0) is 24.3 Å². The molecule has 1 rings (SSSR count). The molecule has 6 heteroatoms. The second-order valence-electron chi connectivity index (χ2n) is 2.58. The Hall–Kier alpha value is -1.21. The van der Waals surface area contributed by atoms with E-state index in [0.717, 1.165) is 16.9 Å². The van der Waals surface area contributed by atoms with Gasteiger partial charge in [0.2, 0.25) is 0 Å². The first-order valence-corrected chi connectivity index (χ1v) is 5.19. The van der Waals surface area contributed by atoms with Crippen molar-refractivity contribution in [1.29, 1.82) is 0 Å². The Morgan fingerprint density at radius 3 is 2.62 bits per heavy atom. The lowest BCUT2D eigenvalue weighted by atomic mass is 10.3. The van der Waals surface area contributed by atoms with E-state index in [-0.39, 0.29) is 0 Å². The summed E-state index contributed by atoms with van der Waals surface area (Å²) in [7, 11) is 0. The Morgan fingerprint density at radius 1 is 1.25 bits per heavy atom. The van der Waals surface area contributed by atoms with E-state index < -0.39 is 0 Å². The van der Waals surface area contributed by atoms with E-state index in [4.69, 9.17) is 9.47 Å². The highest BCUT2D eigenvalue weighted by atomic mass is 32.2. The molecule has 0 radical (unpaired) electrons. The summed E-state index contributed by atoms with van der Waals surface area (Å²) in [5, 5.41) is 12.8. The van der Waals surface area contributed by atoms with E-state index in [0.29, 0.717) is 19.0 Å². The third-order valence-electron chi connectivity index (χ3n) is 1.57. The van der Waals surface area contributed by atoms with Crippen molar-refractivity contribution in [1.82, 2.24) is 0 Å². The molecule has 0 amide bonds. The van der Waals surface area contributed by atoms with Gasteiger partial charge in [-0.3, -0.25) is 5.04 Å². The molecule has 1 aromatic carbocycles. The summed E-state index contributed by atoms with van der Waals surface area (Å²) in [5.41, 5.74) is 0. The molecule has 0 atom stereocenters. The molecule has 5 nitrogen and oxygen atoms in total. The maximum atomic E-state index is 9.58. The molecule has 0 N–H and O–H groups in total. The van der Waals surface area contributed by atoms with E-state index >= 15 is 0 Å². The van der Waals surface area contributed by atoms with Crippen molar-refractivity contribution in [2.24, 2.45) is 0 Å². The van der Waals surface area contributed by atoms with Crippen LogP contribution < -0.4 is 9.99 Å². The lowest BCUT2D eigenvalue weighted by Crippen LogP contribution is -2.03. The van der Waals surface area contributed by atoms with Gasteiger partial charge in [-0.1, -0.05) is 6.58 Å². The van der Waals surface area contributed by atoms with Gasteiger partial charge in [0.1, 0.15) is 19.0 Å². The Morgan fingerprint density at radius 2 is 2.00 bits per heavy atom. The zero-order valence-electron chi connectivity index (χ0n) is 8.46. The van der Waals surface area contributed by atoms with Gasteiger partial charge in [0.25, 0.3) is 0 Å². The third-order valence-corrected chi connectivity index (χ3v) is 2.16. The van der Waals surface area contributed by atoms with Crippen molar-refractivity contribution < 1.29 is 24.1 Å². The Kier molecular flexibility index (Phi) is 6.43. The van der Waals surface area contributed by atoms with E-state index in [2.05, 4.69) is 16.0 Å². The van der Waals surface area contributed by atoms with Crippen molar-refractivity contribution in [3.8, 4) is 5.75 Å². The van der Waals surface area contributed by atoms with Crippen LogP contribution in [0.1, 0.15) is 0 Å². The normalized spacial score (nSPS) is 9.81. The zero-order chi connectivity index (χ0) is 11.6. The molecular weight excluding hydrogens is 232 g/mol. The van der Waals surface area contributed by atoms with Crippen molar-refractivity contribution in [3.63, 3.8) is 0 Å². The van der Waals surface area contributed by atoms with Gasteiger partial charge in [-0.15, -0.1) is 0 Å². The van der Waals surface area contributed by atoms with Gasteiger partial charge >= 0.3 is 0 Å². The first-order valence-electron chi connectivity index (χ1n) is 4.45. The van der Waals surface area contributed by atoms with Crippen molar-refractivity contribution in [3.05, 3.63) is 37.1 Å². The summed E-state index contributed by atoms with van der Waals surface area (Å²) in [6, 6.07) is 7.00. The fourth-order valence-electron chi connectivity index (χ4n) is 0.936. The first-order chi connectivity index (χ1) is 7.86. The second-order valence-corrected chi connectivity index (χ2v) is 3.35. The van der Waals surface area contributed by atoms with Crippen LogP contribution in [0.2, 0.25) is 0 Å². The van der Waals surface area contributed by atoms with Crippen molar-refractivity contribution in [2.75, 3.05) is 13.2 Å². The van der Waals surface area contributed by atoms with E-state index in [1.165, 1.54) is 6.26 Å². The lowest BCUT2D eigenvalue weighted by Gasteiger charge is -2.07. The number of ether oxygens (including phenoxy) is 2. The van der Waals surface area contributed by atoms with E-state index in [9.17, 15) is 5.26 Å². The average Bonchev–Trinajstić information content (AvgIpc) is 2.33. The number of rotatable bonds is 8. The molecule has 0 saturated carbocycles. The highest BCUT2D eigenvalue weighted by Crippen LogP contribution is 2.21. The monoisotopic (exact) mass is 243 g/mol. The molecule has 0 unspecified atom stereocenters. The molecule has 0 spiro atoms. The summed E-state index contributed by atoms with van der Waals surface area (Å²) >= 11 is 0.833. The molecule has 88 valence electrons. The van der Waals surface area contributed by atoms with Crippen LogP contribution in [-0.4, -0.2) is 13.2 Å². The third kappa shape index (κ3) is 5.04. The van der Waals surface area contributed by atoms with Crippen LogP contribution in [0.25, 0.3) is 0 Å². The molecule has 0 fully saturated rings. The van der Waals surface area contributed by atoms with Gasteiger partial charge in [-0.25, -0.2) is 0 Å². The summed E-state index contributed by atoms with van der Waals surface area (Å²) in [6.07, 6.45) is 1.36. The van der Waals surface area contributed by atoms with Crippen molar-refractivity contribution in [2.45, 2.75) is 4.90 Å². The molecule has 0 aliphatic heterocycles. The minimum atomic E-state index is 0.443. The van der Waals surface area contributed by atoms with Crippen LogP contribution >= 0.6 is 12.0 Å². The zero-order valence-corrected chi connectivity index (χ0v) is 9.27. The smallest absolute Gasteiger partial charge is 0.122 e. The van der Waals surface area contributed by atoms with Crippen molar-refractivity contribution >= 4 is 12.0 Å². The standard InChI is InChI=1S/C10H12O5S/c1-2-12-7-8-13-9-3-5-10(6-4-9)16-15-14-11/h2-6,11H,1,7-8H2/p-1. The molecule has 0 bridgehead atoms. The minimum absolute atomic E-state index is 0.443.